The SMILES string of the molecule is CC1(N2CCC3(CC2)C(=O)N(CCCCCCN)CN3c2ccccc2)CCCCCC1. The minimum absolute atomic E-state index is 0.319. The third-order valence-electron chi connectivity index (χ3n) is 8.50. The molecule has 1 aliphatic carbocycles. The highest BCUT2D eigenvalue weighted by molar-refractivity contribution is 5.93. The summed E-state index contributed by atoms with van der Waals surface area (Å²) in [7, 11) is 0. The van der Waals surface area contributed by atoms with Gasteiger partial charge in [0, 0.05) is 30.9 Å². The van der Waals surface area contributed by atoms with Crippen molar-refractivity contribution in [2.24, 2.45) is 5.73 Å². The van der Waals surface area contributed by atoms with E-state index in [9.17, 15) is 4.79 Å². The van der Waals surface area contributed by atoms with E-state index in [0.29, 0.717) is 11.4 Å². The van der Waals surface area contributed by atoms with Gasteiger partial charge in [-0.05, 0) is 64.1 Å². The number of hydrogen-bond acceptors (Lipinski definition) is 4. The topological polar surface area (TPSA) is 52.8 Å². The minimum atomic E-state index is -0.365. The average molecular weight is 441 g/mol. The molecule has 2 aliphatic heterocycles. The first-order valence-corrected chi connectivity index (χ1v) is 13.2. The van der Waals surface area contributed by atoms with Gasteiger partial charge in [0.2, 0.25) is 5.91 Å². The van der Waals surface area contributed by atoms with Crippen molar-refractivity contribution in [1.82, 2.24) is 9.80 Å². The van der Waals surface area contributed by atoms with Crippen molar-refractivity contribution in [3.8, 4) is 0 Å². The molecule has 3 aliphatic rings. The molecule has 3 fully saturated rings. The first-order chi connectivity index (χ1) is 15.6. The number of anilines is 1. The second kappa shape index (κ2) is 10.6. The van der Waals surface area contributed by atoms with E-state index in [4.69, 9.17) is 5.73 Å². The Balaban J connectivity index is 1.47. The summed E-state index contributed by atoms with van der Waals surface area (Å²) >= 11 is 0. The van der Waals surface area contributed by atoms with E-state index in [1.165, 1.54) is 50.6 Å². The van der Waals surface area contributed by atoms with Gasteiger partial charge in [0.25, 0.3) is 0 Å². The quantitative estimate of drug-likeness (QED) is 0.468. The largest absolute Gasteiger partial charge is 0.339 e. The van der Waals surface area contributed by atoms with E-state index in [1.54, 1.807) is 0 Å². The molecule has 2 N–H and O–H groups in total. The normalized spacial score (nSPS) is 23.6. The predicted octanol–water partition coefficient (Wildman–Crippen LogP) is 4.76. The number of rotatable bonds is 8. The molecule has 0 aromatic heterocycles. The van der Waals surface area contributed by atoms with Gasteiger partial charge in [-0.25, -0.2) is 0 Å². The Labute approximate surface area is 195 Å². The van der Waals surface area contributed by atoms with Crippen molar-refractivity contribution in [1.29, 1.82) is 0 Å². The van der Waals surface area contributed by atoms with Crippen LogP contribution in [0.15, 0.2) is 30.3 Å². The lowest BCUT2D eigenvalue weighted by Crippen LogP contribution is -2.60. The Hall–Kier alpha value is -1.59. The molecule has 1 spiro atoms. The second-order valence-electron chi connectivity index (χ2n) is 10.6. The van der Waals surface area contributed by atoms with Crippen LogP contribution in [0.25, 0.3) is 0 Å². The van der Waals surface area contributed by atoms with Crippen LogP contribution in [-0.2, 0) is 4.79 Å². The lowest BCUT2D eigenvalue weighted by molar-refractivity contribution is -0.134. The van der Waals surface area contributed by atoms with Gasteiger partial charge in [0.1, 0.15) is 5.54 Å². The highest BCUT2D eigenvalue weighted by atomic mass is 16.2. The molecular formula is C27H44N4O. The van der Waals surface area contributed by atoms with E-state index >= 15 is 0 Å². The number of nitrogens with zero attached hydrogens (tertiary/aromatic N) is 3. The van der Waals surface area contributed by atoms with E-state index in [-0.39, 0.29) is 5.54 Å². The van der Waals surface area contributed by atoms with Crippen LogP contribution in [0.5, 0.6) is 0 Å². The number of unbranched alkanes of at least 4 members (excludes halogenated alkanes) is 3. The summed E-state index contributed by atoms with van der Waals surface area (Å²) in [6.07, 6.45) is 14.5. The molecule has 1 amide bonds. The number of likely N-dealkylation sites (tertiary alicyclic amines) is 1. The van der Waals surface area contributed by atoms with E-state index in [1.807, 2.05) is 0 Å². The zero-order chi connectivity index (χ0) is 22.4. The molecule has 178 valence electrons. The summed E-state index contributed by atoms with van der Waals surface area (Å²) in [6, 6.07) is 10.6. The summed E-state index contributed by atoms with van der Waals surface area (Å²) in [5.74, 6) is 0.367. The lowest BCUT2D eigenvalue weighted by Gasteiger charge is -2.49. The third-order valence-corrected chi connectivity index (χ3v) is 8.50. The summed E-state index contributed by atoms with van der Waals surface area (Å²) in [6.45, 7) is 6.93. The van der Waals surface area contributed by atoms with Gasteiger partial charge in [-0.3, -0.25) is 9.69 Å². The number of para-hydroxylation sites is 1. The fourth-order valence-corrected chi connectivity index (χ4v) is 6.40. The smallest absolute Gasteiger partial charge is 0.250 e. The number of benzene rings is 1. The number of carbonyl (C=O) groups excluding carboxylic acids is 1. The van der Waals surface area contributed by atoms with Gasteiger partial charge in [-0.15, -0.1) is 0 Å². The van der Waals surface area contributed by atoms with E-state index < -0.39 is 0 Å². The van der Waals surface area contributed by atoms with Crippen LogP contribution < -0.4 is 10.6 Å². The Morgan fingerprint density at radius 2 is 1.53 bits per heavy atom. The summed E-state index contributed by atoms with van der Waals surface area (Å²) in [5.41, 5.74) is 6.79. The second-order valence-corrected chi connectivity index (χ2v) is 10.6. The predicted molar refractivity (Wildman–Crippen MR) is 133 cm³/mol. The first kappa shape index (κ1) is 23.6. The molecule has 0 unspecified atom stereocenters. The van der Waals surface area contributed by atoms with Gasteiger partial charge in [0.05, 0.1) is 6.67 Å². The molecule has 0 radical (unpaired) electrons. The molecule has 1 aromatic carbocycles. The van der Waals surface area contributed by atoms with Gasteiger partial charge >= 0.3 is 0 Å². The molecule has 4 rings (SSSR count). The highest BCUT2D eigenvalue weighted by Gasteiger charge is 2.54. The fraction of sp³-hybridized carbons (Fsp3) is 0.741. The molecule has 2 saturated heterocycles. The highest BCUT2D eigenvalue weighted by Crippen LogP contribution is 2.42. The number of carbonyl (C=O) groups is 1. The maximum atomic E-state index is 13.8. The molecule has 5 heteroatoms. The first-order valence-electron chi connectivity index (χ1n) is 13.2. The number of piperidine rings is 1. The zero-order valence-electron chi connectivity index (χ0n) is 20.2. The van der Waals surface area contributed by atoms with Crippen molar-refractivity contribution >= 4 is 11.6 Å². The van der Waals surface area contributed by atoms with Crippen LogP contribution in [0, 0.1) is 0 Å². The van der Waals surface area contributed by atoms with E-state index in [2.05, 4.69) is 52.0 Å². The summed E-state index contributed by atoms with van der Waals surface area (Å²) < 4.78 is 0. The lowest BCUT2D eigenvalue weighted by atomic mass is 9.81. The maximum absolute atomic E-state index is 13.8. The van der Waals surface area contributed by atoms with Crippen molar-refractivity contribution < 1.29 is 4.79 Å². The molecule has 32 heavy (non-hydrogen) atoms. The third kappa shape index (κ3) is 4.84. The van der Waals surface area contributed by atoms with Gasteiger partial charge in [-0.2, -0.15) is 0 Å². The van der Waals surface area contributed by atoms with Crippen LogP contribution in [-0.4, -0.2) is 59.6 Å². The average Bonchev–Trinajstić information content (AvgIpc) is 2.95. The Morgan fingerprint density at radius 1 is 0.875 bits per heavy atom. The van der Waals surface area contributed by atoms with Crippen molar-refractivity contribution in [2.45, 2.75) is 95.1 Å². The van der Waals surface area contributed by atoms with Gasteiger partial charge < -0.3 is 15.5 Å². The number of amides is 1. The summed E-state index contributed by atoms with van der Waals surface area (Å²) in [5, 5.41) is 0. The van der Waals surface area contributed by atoms with Crippen LogP contribution >= 0.6 is 0 Å². The van der Waals surface area contributed by atoms with Gasteiger partial charge in [-0.1, -0.05) is 56.7 Å². The molecule has 0 atom stereocenters. The molecule has 1 aromatic rings. The van der Waals surface area contributed by atoms with Crippen molar-refractivity contribution in [2.75, 3.05) is 37.7 Å². The van der Waals surface area contributed by atoms with Crippen LogP contribution in [0.3, 0.4) is 0 Å². The van der Waals surface area contributed by atoms with E-state index in [0.717, 1.165) is 65.0 Å². The Bertz CT molecular complexity index is 720. The van der Waals surface area contributed by atoms with Gasteiger partial charge in [0.15, 0.2) is 0 Å². The molecule has 1 saturated carbocycles. The zero-order valence-corrected chi connectivity index (χ0v) is 20.2. The molecule has 0 bridgehead atoms. The van der Waals surface area contributed by atoms with Crippen molar-refractivity contribution in [3.05, 3.63) is 30.3 Å². The molecule has 5 nitrogen and oxygen atoms in total. The standard InChI is InChI=1S/C27H44N4O/c1-26(15-9-2-3-10-16-26)30-21-17-27(18-22-30)25(32)29(20-12-5-4-11-19-28)23-31(27)24-13-7-6-8-14-24/h6-8,13-14H,2-5,9-12,15-23,28H2,1H3. The van der Waals surface area contributed by atoms with Crippen molar-refractivity contribution in [3.63, 3.8) is 0 Å². The van der Waals surface area contributed by atoms with Crippen LogP contribution in [0.1, 0.15) is 84.0 Å². The molecular weight excluding hydrogens is 396 g/mol. The number of hydrogen-bond donors (Lipinski definition) is 1. The minimum Gasteiger partial charge on any atom is -0.339 e. The molecule has 2 heterocycles. The van der Waals surface area contributed by atoms with Crippen LogP contribution in [0.4, 0.5) is 5.69 Å². The summed E-state index contributed by atoms with van der Waals surface area (Å²) in [4.78, 5) is 21.2. The Kier molecular flexibility index (Phi) is 7.78. The maximum Gasteiger partial charge on any atom is 0.250 e. The monoisotopic (exact) mass is 440 g/mol. The fourth-order valence-electron chi connectivity index (χ4n) is 6.40. The van der Waals surface area contributed by atoms with Crippen LogP contribution in [0.2, 0.25) is 0 Å². The number of nitrogens with two attached hydrogens (primary N) is 1. The Morgan fingerprint density at radius 3 is 2.19 bits per heavy atom.